The number of aryl methyl sites for hydroxylation is 2. The zero-order chi connectivity index (χ0) is 16.6. The van der Waals surface area contributed by atoms with Crippen molar-refractivity contribution in [1.29, 1.82) is 0 Å². The van der Waals surface area contributed by atoms with E-state index in [-0.39, 0.29) is 12.0 Å². The third kappa shape index (κ3) is 3.33. The van der Waals surface area contributed by atoms with Gasteiger partial charge >= 0.3 is 0 Å². The average Bonchev–Trinajstić information content (AvgIpc) is 3.13. The molecule has 1 aliphatic rings. The molecule has 1 saturated heterocycles. The lowest BCUT2D eigenvalue weighted by molar-refractivity contribution is -0.0279. The highest BCUT2D eigenvalue weighted by molar-refractivity contribution is 7.10. The first kappa shape index (κ1) is 16.2. The average molecular weight is 333 g/mol. The Hall–Kier alpha value is -1.66. The number of aromatic nitrogens is 2. The van der Waals surface area contributed by atoms with Crippen molar-refractivity contribution in [3.63, 3.8) is 0 Å². The van der Waals surface area contributed by atoms with Gasteiger partial charge in [0.2, 0.25) is 0 Å². The van der Waals surface area contributed by atoms with Crippen LogP contribution in [0.25, 0.3) is 0 Å². The molecule has 0 radical (unpaired) electrons. The van der Waals surface area contributed by atoms with Crippen LogP contribution in [0.5, 0.6) is 0 Å². The largest absolute Gasteiger partial charge is 0.367 e. The number of carbonyl (C=O) groups is 1. The van der Waals surface area contributed by atoms with Crippen LogP contribution < -0.4 is 0 Å². The number of amides is 1. The number of nitrogens with zero attached hydrogens (tertiary/aromatic N) is 3. The summed E-state index contributed by atoms with van der Waals surface area (Å²) < 4.78 is 7.82. The van der Waals surface area contributed by atoms with Gasteiger partial charge in [-0.25, -0.2) is 4.98 Å². The Balaban J connectivity index is 1.75. The lowest BCUT2D eigenvalue weighted by atomic mass is 10.1. The maximum Gasteiger partial charge on any atom is 0.254 e. The summed E-state index contributed by atoms with van der Waals surface area (Å²) >= 11 is 1.66. The molecule has 1 amide bonds. The van der Waals surface area contributed by atoms with Gasteiger partial charge < -0.3 is 14.2 Å². The van der Waals surface area contributed by atoms with E-state index in [0.29, 0.717) is 25.6 Å². The van der Waals surface area contributed by atoms with Gasteiger partial charge in [-0.05, 0) is 18.9 Å². The van der Waals surface area contributed by atoms with Crippen LogP contribution in [0.2, 0.25) is 0 Å². The molecule has 1 fully saturated rings. The quantitative estimate of drug-likeness (QED) is 0.867. The molecule has 1 atom stereocenters. The summed E-state index contributed by atoms with van der Waals surface area (Å²) in [5, 5.41) is 1.97. The number of hydrogen-bond acceptors (Lipinski definition) is 4. The van der Waals surface area contributed by atoms with Gasteiger partial charge in [-0.15, -0.1) is 11.3 Å². The van der Waals surface area contributed by atoms with Crippen LogP contribution in [0.3, 0.4) is 0 Å². The molecule has 0 bridgehead atoms. The molecule has 1 aliphatic heterocycles. The van der Waals surface area contributed by atoms with Crippen molar-refractivity contribution >= 4 is 17.2 Å². The second kappa shape index (κ2) is 6.45. The fourth-order valence-corrected chi connectivity index (χ4v) is 3.77. The summed E-state index contributed by atoms with van der Waals surface area (Å²) in [5.41, 5.74) is 1.75. The molecule has 124 valence electrons. The highest BCUT2D eigenvalue weighted by atomic mass is 32.1. The monoisotopic (exact) mass is 333 g/mol. The second-order valence-corrected chi connectivity index (χ2v) is 7.30. The molecule has 23 heavy (non-hydrogen) atoms. The maximum atomic E-state index is 12.8. The molecular weight excluding hydrogens is 310 g/mol. The van der Waals surface area contributed by atoms with Gasteiger partial charge in [0.1, 0.15) is 11.9 Å². The van der Waals surface area contributed by atoms with E-state index in [2.05, 4.69) is 18.8 Å². The molecule has 2 aromatic heterocycles. The fraction of sp³-hybridized carbons (Fsp3) is 0.529. The summed E-state index contributed by atoms with van der Waals surface area (Å²) in [4.78, 5) is 20.4. The third-order valence-corrected chi connectivity index (χ3v) is 5.34. The SMILES string of the molecule is Cc1cn(C)c([C@@H]2CN(C(=O)c3csc(C(C)C)c3)CCO2)n1. The van der Waals surface area contributed by atoms with E-state index in [1.165, 1.54) is 4.88 Å². The number of imidazole rings is 1. The standard InChI is InChI=1S/C17H23N3O2S/c1-11(2)15-7-13(10-23-15)17(21)20-5-6-22-14(9-20)16-18-12(3)8-19(16)4/h7-8,10-11,14H,5-6,9H2,1-4H3/t14-/m0/s1. The lowest BCUT2D eigenvalue weighted by Crippen LogP contribution is -2.42. The predicted molar refractivity (Wildman–Crippen MR) is 90.9 cm³/mol. The summed E-state index contributed by atoms with van der Waals surface area (Å²) in [7, 11) is 1.97. The van der Waals surface area contributed by atoms with Crippen molar-refractivity contribution in [2.75, 3.05) is 19.7 Å². The molecule has 3 heterocycles. The summed E-state index contributed by atoms with van der Waals surface area (Å²) in [6.45, 7) is 7.99. The van der Waals surface area contributed by atoms with Gasteiger partial charge in [-0.1, -0.05) is 13.8 Å². The number of rotatable bonds is 3. The van der Waals surface area contributed by atoms with Crippen LogP contribution in [-0.2, 0) is 11.8 Å². The number of morpholine rings is 1. The van der Waals surface area contributed by atoms with Crippen LogP contribution in [0.4, 0.5) is 0 Å². The van der Waals surface area contributed by atoms with Crippen LogP contribution in [0.1, 0.15) is 52.6 Å². The first-order valence-electron chi connectivity index (χ1n) is 7.95. The van der Waals surface area contributed by atoms with Crippen LogP contribution in [0, 0.1) is 6.92 Å². The number of hydrogen-bond donors (Lipinski definition) is 0. The number of carbonyl (C=O) groups excluding carboxylic acids is 1. The number of ether oxygens (including phenoxy) is 1. The zero-order valence-electron chi connectivity index (χ0n) is 14.1. The summed E-state index contributed by atoms with van der Waals surface area (Å²) in [6, 6.07) is 2.02. The highest BCUT2D eigenvalue weighted by Crippen LogP contribution is 2.26. The van der Waals surface area contributed by atoms with Gasteiger partial charge in [-0.2, -0.15) is 0 Å². The van der Waals surface area contributed by atoms with Crippen molar-refractivity contribution in [3.8, 4) is 0 Å². The minimum absolute atomic E-state index is 0.0902. The molecular formula is C17H23N3O2S. The minimum atomic E-state index is -0.158. The Morgan fingerprint density at radius 3 is 2.87 bits per heavy atom. The smallest absolute Gasteiger partial charge is 0.254 e. The van der Waals surface area contributed by atoms with Crippen molar-refractivity contribution < 1.29 is 9.53 Å². The predicted octanol–water partition coefficient (Wildman–Crippen LogP) is 3.13. The van der Waals surface area contributed by atoms with Crippen molar-refractivity contribution in [3.05, 3.63) is 39.6 Å². The van der Waals surface area contributed by atoms with Crippen LogP contribution >= 0.6 is 11.3 Å². The Morgan fingerprint density at radius 2 is 2.26 bits per heavy atom. The van der Waals surface area contributed by atoms with Crippen molar-refractivity contribution in [1.82, 2.24) is 14.5 Å². The van der Waals surface area contributed by atoms with Crippen molar-refractivity contribution in [2.24, 2.45) is 7.05 Å². The lowest BCUT2D eigenvalue weighted by Gasteiger charge is -2.32. The van der Waals surface area contributed by atoms with Crippen LogP contribution in [0.15, 0.2) is 17.6 Å². The van der Waals surface area contributed by atoms with Gasteiger partial charge in [0, 0.05) is 30.0 Å². The van der Waals surface area contributed by atoms with E-state index >= 15 is 0 Å². The first-order chi connectivity index (χ1) is 11.0. The van der Waals surface area contributed by atoms with E-state index in [4.69, 9.17) is 4.74 Å². The molecule has 0 aliphatic carbocycles. The van der Waals surface area contributed by atoms with E-state index in [0.717, 1.165) is 17.1 Å². The minimum Gasteiger partial charge on any atom is -0.367 e. The Labute approximate surface area is 140 Å². The summed E-state index contributed by atoms with van der Waals surface area (Å²) in [6.07, 6.45) is 1.82. The molecule has 0 aromatic carbocycles. The van der Waals surface area contributed by atoms with E-state index < -0.39 is 0 Å². The molecule has 0 unspecified atom stereocenters. The molecule has 2 aromatic rings. The zero-order valence-corrected chi connectivity index (χ0v) is 14.9. The highest BCUT2D eigenvalue weighted by Gasteiger charge is 2.29. The normalized spacial score (nSPS) is 18.7. The molecule has 3 rings (SSSR count). The van der Waals surface area contributed by atoms with Crippen molar-refractivity contribution in [2.45, 2.75) is 32.8 Å². The van der Waals surface area contributed by atoms with E-state index in [9.17, 15) is 4.79 Å². The molecule has 0 N–H and O–H groups in total. The maximum absolute atomic E-state index is 12.8. The Morgan fingerprint density at radius 1 is 1.48 bits per heavy atom. The van der Waals surface area contributed by atoms with Gasteiger partial charge in [-0.3, -0.25) is 4.79 Å². The fourth-order valence-electron chi connectivity index (χ4n) is 2.87. The molecule has 0 spiro atoms. The Kier molecular flexibility index (Phi) is 4.55. The summed E-state index contributed by atoms with van der Waals surface area (Å²) in [5.74, 6) is 1.43. The topological polar surface area (TPSA) is 47.4 Å². The molecule has 5 nitrogen and oxygen atoms in total. The van der Waals surface area contributed by atoms with E-state index in [1.54, 1.807) is 11.3 Å². The molecule has 6 heteroatoms. The second-order valence-electron chi connectivity index (χ2n) is 6.35. The van der Waals surface area contributed by atoms with Gasteiger partial charge in [0.05, 0.1) is 24.4 Å². The molecule has 0 saturated carbocycles. The van der Waals surface area contributed by atoms with E-state index in [1.807, 2.05) is 41.1 Å². The number of thiophene rings is 1. The van der Waals surface area contributed by atoms with Gasteiger partial charge in [0.15, 0.2) is 0 Å². The first-order valence-corrected chi connectivity index (χ1v) is 8.83. The van der Waals surface area contributed by atoms with Gasteiger partial charge in [0.25, 0.3) is 5.91 Å². The Bertz CT molecular complexity index is 705. The van der Waals surface area contributed by atoms with Crippen LogP contribution in [-0.4, -0.2) is 40.1 Å². The third-order valence-electron chi connectivity index (χ3n) is 4.11.